The van der Waals surface area contributed by atoms with Gasteiger partial charge in [-0.15, -0.1) is 0 Å². The van der Waals surface area contributed by atoms with Crippen LogP contribution < -0.4 is 0 Å². The highest BCUT2D eigenvalue weighted by atomic mass is 19.1. The van der Waals surface area contributed by atoms with Crippen LogP contribution in [0.2, 0.25) is 0 Å². The number of nitrogens with one attached hydrogen (secondary N) is 1. The molecule has 4 heteroatoms. The third kappa shape index (κ3) is 1.09. The van der Waals surface area contributed by atoms with Crippen LogP contribution in [0.4, 0.5) is 4.39 Å². The van der Waals surface area contributed by atoms with E-state index in [4.69, 9.17) is 0 Å². The number of H-pyrrole nitrogens is 1. The molecule has 0 spiro atoms. The van der Waals surface area contributed by atoms with Gasteiger partial charge in [-0.2, -0.15) is 10.4 Å². The Hall–Kier alpha value is -1.89. The van der Waals surface area contributed by atoms with Crippen LogP contribution in [-0.4, -0.2) is 10.2 Å². The lowest BCUT2D eigenvalue weighted by Gasteiger charge is -2.35. The molecule has 0 saturated heterocycles. The summed E-state index contributed by atoms with van der Waals surface area (Å²) in [5.74, 6) is -0.303. The van der Waals surface area contributed by atoms with Gasteiger partial charge in [0.05, 0.1) is 28.6 Å². The number of nitriles is 1. The van der Waals surface area contributed by atoms with Crippen molar-refractivity contribution in [3.63, 3.8) is 0 Å². The standard InChI is InChI=1S/C12H10FN3/c13-10-4-8(12(7-14)2-1-3-12)5-11-9(10)6-15-16-11/h4-6H,1-3H2,(H,15,16). The van der Waals surface area contributed by atoms with Gasteiger partial charge in [-0.05, 0) is 37.0 Å². The van der Waals surface area contributed by atoms with Crippen LogP contribution in [0, 0.1) is 17.1 Å². The number of fused-ring (bicyclic) bond motifs is 1. The minimum Gasteiger partial charge on any atom is -0.278 e. The Bertz CT molecular complexity index is 590. The number of benzene rings is 1. The summed E-state index contributed by atoms with van der Waals surface area (Å²) < 4.78 is 13.7. The molecule has 0 radical (unpaired) electrons. The molecule has 0 aliphatic heterocycles. The first kappa shape index (κ1) is 9.34. The summed E-state index contributed by atoms with van der Waals surface area (Å²) in [6.45, 7) is 0. The Morgan fingerprint density at radius 3 is 2.88 bits per heavy atom. The molecular weight excluding hydrogens is 205 g/mol. The summed E-state index contributed by atoms with van der Waals surface area (Å²) in [6, 6.07) is 5.63. The summed E-state index contributed by atoms with van der Waals surface area (Å²) >= 11 is 0. The van der Waals surface area contributed by atoms with Crippen molar-refractivity contribution in [3.05, 3.63) is 29.7 Å². The van der Waals surface area contributed by atoms with Gasteiger partial charge in [-0.25, -0.2) is 4.39 Å². The van der Waals surface area contributed by atoms with Crippen LogP contribution in [0.1, 0.15) is 24.8 Å². The lowest BCUT2D eigenvalue weighted by atomic mass is 9.65. The van der Waals surface area contributed by atoms with E-state index in [2.05, 4.69) is 16.3 Å². The van der Waals surface area contributed by atoms with Gasteiger partial charge < -0.3 is 0 Å². The van der Waals surface area contributed by atoms with Gasteiger partial charge in [0.1, 0.15) is 5.82 Å². The van der Waals surface area contributed by atoms with Crippen LogP contribution in [-0.2, 0) is 5.41 Å². The quantitative estimate of drug-likeness (QED) is 0.795. The predicted octanol–water partition coefficient (Wildman–Crippen LogP) is 2.65. The van der Waals surface area contributed by atoms with Crippen LogP contribution in [0.5, 0.6) is 0 Å². The molecule has 1 aliphatic carbocycles. The van der Waals surface area contributed by atoms with Gasteiger partial charge in [-0.3, -0.25) is 5.10 Å². The monoisotopic (exact) mass is 215 g/mol. The third-order valence-corrected chi connectivity index (χ3v) is 3.48. The molecule has 3 rings (SSSR count). The number of aromatic amines is 1. The molecule has 0 bridgehead atoms. The molecule has 16 heavy (non-hydrogen) atoms. The molecule has 80 valence electrons. The van der Waals surface area contributed by atoms with Gasteiger partial charge in [0.25, 0.3) is 0 Å². The molecule has 0 amide bonds. The van der Waals surface area contributed by atoms with Crippen molar-refractivity contribution in [2.75, 3.05) is 0 Å². The zero-order valence-electron chi connectivity index (χ0n) is 8.63. The Kier molecular flexibility index (Phi) is 1.78. The zero-order chi connectivity index (χ0) is 11.2. The second-order valence-corrected chi connectivity index (χ2v) is 4.34. The number of hydrogen-bond donors (Lipinski definition) is 1. The van der Waals surface area contributed by atoms with E-state index in [0.717, 1.165) is 24.8 Å². The van der Waals surface area contributed by atoms with E-state index < -0.39 is 5.41 Å². The van der Waals surface area contributed by atoms with E-state index in [1.807, 2.05) is 6.07 Å². The molecule has 0 unspecified atom stereocenters. The number of halogens is 1. The van der Waals surface area contributed by atoms with Crippen molar-refractivity contribution in [1.82, 2.24) is 10.2 Å². The Balaban J connectivity index is 2.21. The SMILES string of the molecule is N#CC1(c2cc(F)c3cn[nH]c3c2)CCC1. The Labute approximate surface area is 91.9 Å². The molecule has 1 heterocycles. The highest BCUT2D eigenvalue weighted by molar-refractivity contribution is 5.79. The van der Waals surface area contributed by atoms with Gasteiger partial charge in [0.15, 0.2) is 0 Å². The Morgan fingerprint density at radius 1 is 1.44 bits per heavy atom. The number of hydrogen-bond acceptors (Lipinski definition) is 2. The fourth-order valence-electron chi connectivity index (χ4n) is 2.28. The summed E-state index contributed by atoms with van der Waals surface area (Å²) in [6.07, 6.45) is 4.15. The van der Waals surface area contributed by atoms with E-state index in [-0.39, 0.29) is 5.82 Å². The number of nitrogens with zero attached hydrogens (tertiary/aromatic N) is 2. The van der Waals surface area contributed by atoms with E-state index in [9.17, 15) is 9.65 Å². The molecule has 2 aromatic rings. The first-order valence-electron chi connectivity index (χ1n) is 5.29. The number of aromatic nitrogens is 2. The Morgan fingerprint density at radius 2 is 2.25 bits per heavy atom. The molecule has 1 fully saturated rings. The van der Waals surface area contributed by atoms with Gasteiger partial charge >= 0.3 is 0 Å². The summed E-state index contributed by atoms with van der Waals surface area (Å²) in [5.41, 5.74) is 0.965. The highest BCUT2D eigenvalue weighted by Crippen LogP contribution is 2.44. The van der Waals surface area contributed by atoms with Gasteiger partial charge in [-0.1, -0.05) is 0 Å². The average molecular weight is 215 g/mol. The molecule has 1 aliphatic rings. The number of rotatable bonds is 1. The first-order valence-corrected chi connectivity index (χ1v) is 5.29. The lowest BCUT2D eigenvalue weighted by Crippen LogP contribution is -2.32. The van der Waals surface area contributed by atoms with Crippen molar-refractivity contribution in [3.8, 4) is 6.07 Å². The van der Waals surface area contributed by atoms with Gasteiger partial charge in [0.2, 0.25) is 0 Å². The van der Waals surface area contributed by atoms with Crippen molar-refractivity contribution in [2.45, 2.75) is 24.7 Å². The van der Waals surface area contributed by atoms with E-state index >= 15 is 0 Å². The second-order valence-electron chi connectivity index (χ2n) is 4.34. The van der Waals surface area contributed by atoms with Crippen LogP contribution >= 0.6 is 0 Å². The maximum absolute atomic E-state index is 13.7. The van der Waals surface area contributed by atoms with E-state index in [0.29, 0.717) is 10.9 Å². The summed E-state index contributed by atoms with van der Waals surface area (Å²) in [7, 11) is 0. The highest BCUT2D eigenvalue weighted by Gasteiger charge is 2.39. The summed E-state index contributed by atoms with van der Waals surface area (Å²) in [4.78, 5) is 0. The zero-order valence-corrected chi connectivity index (χ0v) is 8.63. The topological polar surface area (TPSA) is 52.5 Å². The fraction of sp³-hybridized carbons (Fsp3) is 0.333. The lowest BCUT2D eigenvalue weighted by molar-refractivity contribution is 0.323. The van der Waals surface area contributed by atoms with E-state index in [1.54, 1.807) is 0 Å². The maximum Gasteiger partial charge on any atom is 0.134 e. The van der Waals surface area contributed by atoms with Crippen molar-refractivity contribution in [1.29, 1.82) is 5.26 Å². The van der Waals surface area contributed by atoms with Crippen molar-refractivity contribution in [2.24, 2.45) is 0 Å². The van der Waals surface area contributed by atoms with Crippen molar-refractivity contribution < 1.29 is 4.39 Å². The first-order chi connectivity index (χ1) is 7.75. The minimum absolute atomic E-state index is 0.303. The maximum atomic E-state index is 13.7. The molecule has 1 saturated carbocycles. The molecule has 1 N–H and O–H groups in total. The van der Waals surface area contributed by atoms with Crippen LogP contribution in [0.15, 0.2) is 18.3 Å². The van der Waals surface area contributed by atoms with Crippen LogP contribution in [0.3, 0.4) is 0 Å². The minimum atomic E-state index is -0.472. The van der Waals surface area contributed by atoms with Crippen LogP contribution in [0.25, 0.3) is 10.9 Å². The smallest absolute Gasteiger partial charge is 0.134 e. The fourth-order valence-corrected chi connectivity index (χ4v) is 2.28. The third-order valence-electron chi connectivity index (χ3n) is 3.48. The average Bonchev–Trinajstić information content (AvgIpc) is 2.65. The van der Waals surface area contributed by atoms with E-state index in [1.165, 1.54) is 12.3 Å². The molecule has 0 atom stereocenters. The second kappa shape index (κ2) is 3.05. The van der Waals surface area contributed by atoms with Crippen molar-refractivity contribution >= 4 is 10.9 Å². The normalized spacial score (nSPS) is 18.0. The molecular formula is C12H10FN3. The largest absolute Gasteiger partial charge is 0.278 e. The predicted molar refractivity (Wildman–Crippen MR) is 57.2 cm³/mol. The van der Waals surface area contributed by atoms with Gasteiger partial charge in [0, 0.05) is 0 Å². The molecule has 1 aromatic carbocycles. The molecule has 1 aromatic heterocycles. The summed E-state index contributed by atoms with van der Waals surface area (Å²) in [5, 5.41) is 16.2. The molecule has 3 nitrogen and oxygen atoms in total.